The van der Waals surface area contributed by atoms with Crippen molar-refractivity contribution in [3.05, 3.63) is 90.5 Å². The SMILES string of the molecule is CC1(c2cccc3ccccc23)NC(=O)N(CC(O)COc2ccc3ccccc3c2)C1=O. The maximum absolute atomic E-state index is 13.3. The van der Waals surface area contributed by atoms with Crippen LogP contribution in [0.5, 0.6) is 5.75 Å². The summed E-state index contributed by atoms with van der Waals surface area (Å²) in [4.78, 5) is 27.1. The fourth-order valence-corrected chi connectivity index (χ4v) is 4.42. The average Bonchev–Trinajstić information content (AvgIpc) is 3.06. The van der Waals surface area contributed by atoms with Crippen molar-refractivity contribution in [2.45, 2.75) is 18.6 Å². The smallest absolute Gasteiger partial charge is 0.325 e. The Labute approximate surface area is 191 Å². The molecule has 33 heavy (non-hydrogen) atoms. The lowest BCUT2D eigenvalue weighted by molar-refractivity contribution is -0.132. The molecule has 2 N–H and O–H groups in total. The third-order valence-electron chi connectivity index (χ3n) is 6.16. The number of fused-ring (bicyclic) bond motifs is 2. The number of urea groups is 1. The molecule has 4 aromatic carbocycles. The van der Waals surface area contributed by atoms with Gasteiger partial charge in [-0.2, -0.15) is 0 Å². The molecule has 6 nitrogen and oxygen atoms in total. The van der Waals surface area contributed by atoms with E-state index in [0.717, 1.165) is 32.0 Å². The topological polar surface area (TPSA) is 78.9 Å². The number of ether oxygens (including phenoxy) is 1. The first-order valence-electron chi connectivity index (χ1n) is 10.9. The molecule has 1 fully saturated rings. The van der Waals surface area contributed by atoms with Crippen molar-refractivity contribution in [3.63, 3.8) is 0 Å². The van der Waals surface area contributed by atoms with Crippen LogP contribution in [0.1, 0.15) is 12.5 Å². The van der Waals surface area contributed by atoms with E-state index in [9.17, 15) is 14.7 Å². The predicted octanol–water partition coefficient (Wildman–Crippen LogP) is 4.20. The highest BCUT2D eigenvalue weighted by atomic mass is 16.5. The van der Waals surface area contributed by atoms with E-state index in [2.05, 4.69) is 5.32 Å². The van der Waals surface area contributed by atoms with Crippen LogP contribution in [0, 0.1) is 0 Å². The van der Waals surface area contributed by atoms with E-state index in [1.54, 1.807) is 6.92 Å². The molecule has 1 aliphatic rings. The molecule has 5 rings (SSSR count). The van der Waals surface area contributed by atoms with Crippen LogP contribution in [0.2, 0.25) is 0 Å². The standard InChI is InChI=1S/C27H24N2O4/c1-27(24-12-6-10-19-8-4-5-11-23(19)24)25(31)29(26(32)28-27)16-21(30)17-33-22-14-13-18-7-2-3-9-20(18)15-22/h2-15,21,30H,16-17H2,1H3,(H,28,32). The van der Waals surface area contributed by atoms with Gasteiger partial charge >= 0.3 is 6.03 Å². The Hall–Kier alpha value is -3.90. The van der Waals surface area contributed by atoms with E-state index in [1.165, 1.54) is 0 Å². The second kappa shape index (κ2) is 8.22. The summed E-state index contributed by atoms with van der Waals surface area (Å²) in [5, 5.41) is 17.4. The van der Waals surface area contributed by atoms with Crippen LogP contribution in [0.25, 0.3) is 21.5 Å². The first-order valence-corrected chi connectivity index (χ1v) is 10.9. The maximum Gasteiger partial charge on any atom is 0.325 e. The lowest BCUT2D eigenvalue weighted by atomic mass is 9.88. The van der Waals surface area contributed by atoms with Crippen molar-refractivity contribution < 1.29 is 19.4 Å². The Morgan fingerprint density at radius 3 is 2.42 bits per heavy atom. The van der Waals surface area contributed by atoms with Crippen molar-refractivity contribution in [2.75, 3.05) is 13.2 Å². The van der Waals surface area contributed by atoms with Crippen molar-refractivity contribution in [3.8, 4) is 5.75 Å². The number of hydrogen-bond acceptors (Lipinski definition) is 4. The van der Waals surface area contributed by atoms with Gasteiger partial charge in [-0.25, -0.2) is 4.79 Å². The van der Waals surface area contributed by atoms with Gasteiger partial charge in [0.1, 0.15) is 24.0 Å². The summed E-state index contributed by atoms with van der Waals surface area (Å²) in [6.07, 6.45) is -1.03. The molecule has 166 valence electrons. The Balaban J connectivity index is 1.30. The zero-order chi connectivity index (χ0) is 23.0. The molecule has 0 bridgehead atoms. The summed E-state index contributed by atoms with van der Waals surface area (Å²) >= 11 is 0. The summed E-state index contributed by atoms with van der Waals surface area (Å²) in [7, 11) is 0. The van der Waals surface area contributed by atoms with Crippen LogP contribution in [0.3, 0.4) is 0 Å². The third kappa shape index (κ3) is 3.79. The number of carbonyl (C=O) groups excluding carboxylic acids is 2. The second-order valence-electron chi connectivity index (χ2n) is 8.47. The minimum atomic E-state index is -1.21. The minimum Gasteiger partial charge on any atom is -0.491 e. The second-order valence-corrected chi connectivity index (χ2v) is 8.47. The molecule has 0 saturated carbocycles. The van der Waals surface area contributed by atoms with Crippen LogP contribution in [0.4, 0.5) is 4.79 Å². The first kappa shape index (κ1) is 21.0. The number of benzene rings is 4. The van der Waals surface area contributed by atoms with Gasteiger partial charge in [0, 0.05) is 0 Å². The Kier molecular flexibility index (Phi) is 5.23. The van der Waals surface area contributed by atoms with Crippen LogP contribution in [0.15, 0.2) is 84.9 Å². The van der Waals surface area contributed by atoms with Crippen molar-refractivity contribution in [1.82, 2.24) is 10.2 Å². The zero-order valence-electron chi connectivity index (χ0n) is 18.2. The Morgan fingerprint density at radius 1 is 0.909 bits per heavy atom. The van der Waals surface area contributed by atoms with E-state index in [0.29, 0.717) is 5.75 Å². The fraction of sp³-hybridized carbons (Fsp3) is 0.185. The highest BCUT2D eigenvalue weighted by molar-refractivity contribution is 6.09. The van der Waals surface area contributed by atoms with Crippen LogP contribution in [-0.4, -0.2) is 41.2 Å². The van der Waals surface area contributed by atoms with Gasteiger partial charge in [-0.3, -0.25) is 9.69 Å². The quantitative estimate of drug-likeness (QED) is 0.441. The van der Waals surface area contributed by atoms with Crippen LogP contribution in [-0.2, 0) is 10.3 Å². The van der Waals surface area contributed by atoms with Gasteiger partial charge in [0.05, 0.1) is 6.54 Å². The molecule has 2 unspecified atom stereocenters. The van der Waals surface area contributed by atoms with Gasteiger partial charge in [-0.05, 0) is 46.2 Å². The lowest BCUT2D eigenvalue weighted by Crippen LogP contribution is -2.43. The summed E-state index contributed by atoms with van der Waals surface area (Å²) in [5.41, 5.74) is -0.486. The van der Waals surface area contributed by atoms with Crippen molar-refractivity contribution >= 4 is 33.5 Å². The monoisotopic (exact) mass is 440 g/mol. The molecule has 1 aliphatic heterocycles. The van der Waals surface area contributed by atoms with Crippen molar-refractivity contribution in [2.24, 2.45) is 0 Å². The summed E-state index contributed by atoms with van der Waals surface area (Å²) in [6, 6.07) is 26.5. The molecule has 0 radical (unpaired) electrons. The van der Waals surface area contributed by atoms with Gasteiger partial charge in [0.15, 0.2) is 0 Å². The molecule has 3 amide bonds. The lowest BCUT2D eigenvalue weighted by Gasteiger charge is -2.24. The molecule has 0 aliphatic carbocycles. The normalized spacial score (nSPS) is 19.2. The summed E-state index contributed by atoms with van der Waals surface area (Å²) in [6.45, 7) is 1.51. The predicted molar refractivity (Wildman–Crippen MR) is 127 cm³/mol. The van der Waals surface area contributed by atoms with E-state index < -0.39 is 23.6 Å². The molecule has 4 aromatic rings. The van der Waals surface area contributed by atoms with E-state index in [4.69, 9.17) is 4.74 Å². The number of nitrogens with one attached hydrogen (secondary N) is 1. The summed E-state index contributed by atoms with van der Waals surface area (Å²) in [5.74, 6) is 0.221. The van der Waals surface area contributed by atoms with E-state index >= 15 is 0 Å². The Morgan fingerprint density at radius 2 is 1.61 bits per heavy atom. The number of β-amino-alcohol motifs (C(OH)–C–C–N with tert-alkyl or cyclic N) is 1. The first-order chi connectivity index (χ1) is 16.0. The largest absolute Gasteiger partial charge is 0.491 e. The molecule has 0 spiro atoms. The number of aliphatic hydroxyl groups is 1. The number of amides is 3. The number of nitrogens with zero attached hydrogens (tertiary/aromatic N) is 1. The van der Waals surface area contributed by atoms with Gasteiger partial charge in [0.25, 0.3) is 5.91 Å². The number of carbonyl (C=O) groups is 2. The Bertz CT molecular complexity index is 1360. The highest BCUT2D eigenvalue weighted by Gasteiger charge is 2.49. The molecule has 2 atom stereocenters. The molecular weight excluding hydrogens is 416 g/mol. The molecule has 0 aromatic heterocycles. The fourth-order valence-electron chi connectivity index (χ4n) is 4.42. The van der Waals surface area contributed by atoms with Crippen molar-refractivity contribution in [1.29, 1.82) is 0 Å². The van der Waals surface area contributed by atoms with Gasteiger partial charge in [-0.1, -0.05) is 72.8 Å². The number of hydrogen-bond donors (Lipinski definition) is 2. The average molecular weight is 440 g/mol. The molecular formula is C27H24N2O4. The summed E-state index contributed by atoms with van der Waals surface area (Å²) < 4.78 is 5.73. The van der Waals surface area contributed by atoms with Crippen LogP contribution >= 0.6 is 0 Å². The third-order valence-corrected chi connectivity index (χ3v) is 6.16. The zero-order valence-corrected chi connectivity index (χ0v) is 18.2. The van der Waals surface area contributed by atoms with E-state index in [-0.39, 0.29) is 13.2 Å². The maximum atomic E-state index is 13.3. The van der Waals surface area contributed by atoms with Crippen LogP contribution < -0.4 is 10.1 Å². The molecule has 6 heteroatoms. The van der Waals surface area contributed by atoms with Gasteiger partial charge < -0.3 is 15.2 Å². The minimum absolute atomic E-state index is 0.0413. The van der Waals surface area contributed by atoms with E-state index in [1.807, 2.05) is 84.9 Å². The highest BCUT2D eigenvalue weighted by Crippen LogP contribution is 2.34. The van der Waals surface area contributed by atoms with Gasteiger partial charge in [-0.15, -0.1) is 0 Å². The molecule has 1 saturated heterocycles. The number of aliphatic hydroxyl groups excluding tert-OH is 1. The molecule has 1 heterocycles. The van der Waals surface area contributed by atoms with Gasteiger partial charge in [0.2, 0.25) is 0 Å². The number of rotatable bonds is 6. The number of imide groups is 1.